The third kappa shape index (κ3) is 6.24. The molecule has 1 aliphatic rings. The van der Waals surface area contributed by atoms with Crippen LogP contribution in [-0.4, -0.2) is 63.5 Å². The molecule has 0 spiro atoms. The van der Waals surface area contributed by atoms with Gasteiger partial charge in [0, 0.05) is 54.7 Å². The van der Waals surface area contributed by atoms with Crippen LogP contribution in [0, 0.1) is 0 Å². The van der Waals surface area contributed by atoms with Crippen molar-refractivity contribution < 1.29 is 17.9 Å². The molecule has 2 aromatic carbocycles. The Morgan fingerprint density at radius 2 is 1.84 bits per heavy atom. The van der Waals surface area contributed by atoms with E-state index in [0.717, 1.165) is 28.6 Å². The Morgan fingerprint density at radius 3 is 2.53 bits per heavy atom. The molecule has 4 N–H and O–H groups in total. The molecular formula is C26H30ClN5O4S2. The summed E-state index contributed by atoms with van der Waals surface area (Å²) in [5.41, 5.74) is 9.35. The van der Waals surface area contributed by atoms with Gasteiger partial charge in [-0.15, -0.1) is 23.7 Å². The predicted molar refractivity (Wildman–Crippen MR) is 154 cm³/mol. The molecule has 1 amide bonds. The number of piperazine rings is 1. The minimum atomic E-state index is -3.57. The number of carbonyl (C=O) groups is 1. The number of nitrogens with one attached hydrogen (secondary N) is 2. The van der Waals surface area contributed by atoms with Gasteiger partial charge in [-0.1, -0.05) is 6.07 Å². The number of rotatable bonds is 9. The number of anilines is 2. The van der Waals surface area contributed by atoms with Gasteiger partial charge in [0.25, 0.3) is 15.9 Å². The predicted octanol–water partition coefficient (Wildman–Crippen LogP) is 3.68. The van der Waals surface area contributed by atoms with E-state index in [2.05, 4.69) is 14.6 Å². The molecule has 4 aromatic rings. The van der Waals surface area contributed by atoms with Crippen LogP contribution in [-0.2, 0) is 21.2 Å². The average Bonchev–Trinajstić information content (AvgIpc) is 3.59. The number of H-pyrrole nitrogens is 1. The highest BCUT2D eigenvalue weighted by Crippen LogP contribution is 2.25. The van der Waals surface area contributed by atoms with Gasteiger partial charge in [-0.2, -0.15) is 0 Å². The Bertz CT molecular complexity index is 1470. The number of amides is 1. The van der Waals surface area contributed by atoms with Crippen LogP contribution in [0.5, 0.6) is 5.75 Å². The molecule has 2 aromatic heterocycles. The summed E-state index contributed by atoms with van der Waals surface area (Å²) >= 11 is 1.18. The zero-order chi connectivity index (χ0) is 25.8. The monoisotopic (exact) mass is 575 g/mol. The number of aromatic nitrogens is 1. The first-order chi connectivity index (χ1) is 17.9. The van der Waals surface area contributed by atoms with Crippen LogP contribution in [0.15, 0.2) is 70.4 Å². The van der Waals surface area contributed by atoms with Crippen LogP contribution >= 0.6 is 23.7 Å². The summed E-state index contributed by atoms with van der Waals surface area (Å²) in [6, 6.07) is 16.3. The number of aromatic amines is 1. The summed E-state index contributed by atoms with van der Waals surface area (Å²) in [5.74, 6) is 0.612. The smallest absolute Gasteiger partial charge is 0.271 e. The number of sulfonamides is 1. The normalized spacial score (nSPS) is 13.8. The Labute approximate surface area is 232 Å². The van der Waals surface area contributed by atoms with Gasteiger partial charge in [-0.3, -0.25) is 9.52 Å². The molecular weight excluding hydrogens is 546 g/mol. The van der Waals surface area contributed by atoms with E-state index < -0.39 is 10.0 Å². The summed E-state index contributed by atoms with van der Waals surface area (Å²) in [6.07, 6.45) is 2.74. The van der Waals surface area contributed by atoms with E-state index in [1.54, 1.807) is 29.6 Å². The van der Waals surface area contributed by atoms with Gasteiger partial charge >= 0.3 is 0 Å². The van der Waals surface area contributed by atoms with E-state index in [0.29, 0.717) is 44.2 Å². The van der Waals surface area contributed by atoms with Crippen LogP contribution < -0.4 is 20.1 Å². The van der Waals surface area contributed by atoms with E-state index in [-0.39, 0.29) is 29.1 Å². The number of hydrogen-bond donors (Lipinski definition) is 3. The van der Waals surface area contributed by atoms with Crippen molar-refractivity contribution in [3.05, 3.63) is 71.7 Å². The standard InChI is InChI=1S/C26H29N5O4S2.ClH/c27-10-9-19-17-28-24-8-7-22(16-23(19)24)35-18-25(32)31-13-11-30(12-14-31)21-5-3-20(4-6-21)29-37(33,34)26-2-1-15-36-26;/h1-8,15-17,28-29H,9-14,18,27H2;1H. The van der Waals surface area contributed by atoms with Crippen LogP contribution in [0.25, 0.3) is 10.9 Å². The number of nitrogens with two attached hydrogens (primary N) is 1. The summed E-state index contributed by atoms with van der Waals surface area (Å²) < 4.78 is 33.5. The highest BCUT2D eigenvalue weighted by molar-refractivity contribution is 7.94. The third-order valence-electron chi connectivity index (χ3n) is 6.39. The second kappa shape index (κ2) is 12.1. The summed E-state index contributed by atoms with van der Waals surface area (Å²) in [6.45, 7) is 3.11. The van der Waals surface area contributed by atoms with Gasteiger partial charge in [-0.25, -0.2) is 8.42 Å². The molecule has 1 saturated heterocycles. The molecule has 0 aliphatic carbocycles. The van der Waals surface area contributed by atoms with E-state index in [1.807, 2.05) is 41.4 Å². The first-order valence-electron chi connectivity index (χ1n) is 12.0. The SMILES string of the molecule is Cl.NCCc1c[nH]c2ccc(OCC(=O)N3CCN(c4ccc(NS(=O)(=O)c5cccs5)cc4)CC3)cc12. The quantitative estimate of drug-likeness (QED) is 0.280. The summed E-state index contributed by atoms with van der Waals surface area (Å²) in [7, 11) is -3.57. The van der Waals surface area contributed by atoms with Crippen molar-refractivity contribution >= 4 is 62.0 Å². The zero-order valence-corrected chi connectivity index (χ0v) is 23.1. The largest absolute Gasteiger partial charge is 0.484 e. The number of halogens is 1. The Balaban J connectivity index is 0.00000336. The molecule has 202 valence electrons. The van der Waals surface area contributed by atoms with Crippen molar-refractivity contribution in [2.75, 3.05) is 49.0 Å². The first kappa shape index (κ1) is 27.8. The average molecular weight is 576 g/mol. The number of nitrogens with zero attached hydrogens (tertiary/aromatic N) is 2. The van der Waals surface area contributed by atoms with E-state index in [4.69, 9.17) is 10.5 Å². The molecule has 3 heterocycles. The fraction of sp³-hybridized carbons (Fsp3) is 0.269. The van der Waals surface area contributed by atoms with E-state index in [9.17, 15) is 13.2 Å². The minimum Gasteiger partial charge on any atom is -0.484 e. The van der Waals surface area contributed by atoms with Crippen molar-refractivity contribution in [2.45, 2.75) is 10.6 Å². The molecule has 38 heavy (non-hydrogen) atoms. The molecule has 1 aliphatic heterocycles. The van der Waals surface area contributed by atoms with Crippen molar-refractivity contribution in [1.29, 1.82) is 0 Å². The number of thiophene rings is 1. The van der Waals surface area contributed by atoms with E-state index in [1.165, 1.54) is 11.3 Å². The fourth-order valence-electron chi connectivity index (χ4n) is 4.42. The second-order valence-electron chi connectivity index (χ2n) is 8.80. The van der Waals surface area contributed by atoms with Crippen LogP contribution in [0.4, 0.5) is 11.4 Å². The maximum atomic E-state index is 12.8. The lowest BCUT2D eigenvalue weighted by Crippen LogP contribution is -2.50. The van der Waals surface area contributed by atoms with Crippen molar-refractivity contribution in [2.24, 2.45) is 5.73 Å². The van der Waals surface area contributed by atoms with Gasteiger partial charge in [0.05, 0.1) is 0 Å². The minimum absolute atomic E-state index is 0. The number of benzene rings is 2. The highest BCUT2D eigenvalue weighted by atomic mass is 35.5. The topological polar surface area (TPSA) is 121 Å². The summed E-state index contributed by atoms with van der Waals surface area (Å²) in [4.78, 5) is 20.0. The van der Waals surface area contributed by atoms with Gasteiger partial charge < -0.3 is 25.3 Å². The Hall–Kier alpha value is -3.25. The zero-order valence-electron chi connectivity index (χ0n) is 20.6. The summed E-state index contributed by atoms with van der Waals surface area (Å²) in [5, 5.41) is 2.80. The van der Waals surface area contributed by atoms with Crippen molar-refractivity contribution in [1.82, 2.24) is 9.88 Å². The lowest BCUT2D eigenvalue weighted by atomic mass is 10.1. The molecule has 1 fully saturated rings. The number of fused-ring (bicyclic) bond motifs is 1. The maximum absolute atomic E-state index is 12.8. The van der Waals surface area contributed by atoms with Crippen molar-refractivity contribution in [3.63, 3.8) is 0 Å². The van der Waals surface area contributed by atoms with Crippen LogP contribution in [0.3, 0.4) is 0 Å². The highest BCUT2D eigenvalue weighted by Gasteiger charge is 2.22. The van der Waals surface area contributed by atoms with Gasteiger partial charge in [0.15, 0.2) is 6.61 Å². The Kier molecular flexibility index (Phi) is 8.83. The van der Waals surface area contributed by atoms with E-state index >= 15 is 0 Å². The molecule has 0 radical (unpaired) electrons. The molecule has 0 atom stereocenters. The van der Waals surface area contributed by atoms with Crippen molar-refractivity contribution in [3.8, 4) is 5.75 Å². The van der Waals surface area contributed by atoms with Crippen LogP contribution in [0.1, 0.15) is 5.56 Å². The molecule has 0 unspecified atom stereocenters. The molecule has 9 nitrogen and oxygen atoms in total. The molecule has 12 heteroatoms. The Morgan fingerprint density at radius 1 is 1.08 bits per heavy atom. The fourth-order valence-corrected chi connectivity index (χ4v) is 6.47. The van der Waals surface area contributed by atoms with Gasteiger partial charge in [0.2, 0.25) is 0 Å². The number of carbonyl (C=O) groups excluding carboxylic acids is 1. The van der Waals surface area contributed by atoms with Gasteiger partial charge in [0.1, 0.15) is 9.96 Å². The van der Waals surface area contributed by atoms with Crippen LogP contribution in [0.2, 0.25) is 0 Å². The first-order valence-corrected chi connectivity index (χ1v) is 14.4. The molecule has 0 bridgehead atoms. The third-order valence-corrected chi connectivity index (χ3v) is 9.17. The number of hydrogen-bond acceptors (Lipinski definition) is 7. The lowest BCUT2D eigenvalue weighted by molar-refractivity contribution is -0.133. The molecule has 0 saturated carbocycles. The van der Waals surface area contributed by atoms with Gasteiger partial charge in [-0.05, 0) is 72.4 Å². The second-order valence-corrected chi connectivity index (χ2v) is 11.7. The lowest BCUT2D eigenvalue weighted by Gasteiger charge is -2.36. The maximum Gasteiger partial charge on any atom is 0.271 e. The number of ether oxygens (including phenoxy) is 1. The molecule has 5 rings (SSSR count).